The summed E-state index contributed by atoms with van der Waals surface area (Å²) in [6, 6.07) is 6.77. The number of para-hydroxylation sites is 1. The van der Waals surface area contributed by atoms with Crippen LogP contribution in [-0.4, -0.2) is 18.7 Å². The number of hydrogen-bond acceptors (Lipinski definition) is 2. The van der Waals surface area contributed by atoms with Crippen molar-refractivity contribution in [3.63, 3.8) is 0 Å². The highest BCUT2D eigenvalue weighted by atomic mass is 16.5. The van der Waals surface area contributed by atoms with Gasteiger partial charge in [-0.3, -0.25) is 0 Å². The van der Waals surface area contributed by atoms with Gasteiger partial charge in [-0.2, -0.15) is 0 Å². The summed E-state index contributed by atoms with van der Waals surface area (Å²) < 4.78 is 6.28. The third kappa shape index (κ3) is 2.58. The van der Waals surface area contributed by atoms with Crippen molar-refractivity contribution in [3.05, 3.63) is 29.3 Å². The zero-order chi connectivity index (χ0) is 14.2. The molecule has 0 spiro atoms. The van der Waals surface area contributed by atoms with Crippen molar-refractivity contribution in [3.8, 4) is 5.75 Å². The zero-order valence-corrected chi connectivity index (χ0v) is 13.0. The van der Waals surface area contributed by atoms with Crippen molar-refractivity contribution in [2.45, 2.75) is 58.0 Å². The molecule has 2 aliphatic rings. The molecular formula is C18H27NO. The normalized spacial score (nSPS) is 27.9. The van der Waals surface area contributed by atoms with Crippen LogP contribution in [0.25, 0.3) is 0 Å². The molecule has 2 unspecified atom stereocenters. The Hall–Kier alpha value is -1.02. The van der Waals surface area contributed by atoms with Crippen LogP contribution in [0.4, 0.5) is 0 Å². The van der Waals surface area contributed by atoms with E-state index in [1.807, 2.05) is 0 Å². The average Bonchev–Trinajstić information content (AvgIpc) is 2.73. The van der Waals surface area contributed by atoms with Crippen molar-refractivity contribution in [2.24, 2.45) is 5.92 Å². The molecule has 1 saturated heterocycles. The summed E-state index contributed by atoms with van der Waals surface area (Å²) in [5, 5.41) is 3.56. The number of hydrogen-bond donors (Lipinski definition) is 1. The lowest BCUT2D eigenvalue weighted by Gasteiger charge is -2.33. The van der Waals surface area contributed by atoms with Crippen molar-refractivity contribution >= 4 is 0 Å². The maximum absolute atomic E-state index is 6.28. The second-order valence-corrected chi connectivity index (χ2v) is 7.02. The molecule has 1 fully saturated rings. The van der Waals surface area contributed by atoms with Gasteiger partial charge in [0.25, 0.3) is 0 Å². The second-order valence-electron chi connectivity index (χ2n) is 7.02. The molecule has 110 valence electrons. The van der Waals surface area contributed by atoms with Crippen LogP contribution in [-0.2, 0) is 6.42 Å². The third-order valence-corrected chi connectivity index (χ3v) is 4.79. The van der Waals surface area contributed by atoms with E-state index in [2.05, 4.69) is 44.3 Å². The highest BCUT2D eigenvalue weighted by Gasteiger charge is 2.35. The molecule has 2 nitrogen and oxygen atoms in total. The zero-order valence-electron chi connectivity index (χ0n) is 13.0. The van der Waals surface area contributed by atoms with Gasteiger partial charge in [-0.05, 0) is 62.7 Å². The topological polar surface area (TPSA) is 21.3 Å². The van der Waals surface area contributed by atoms with Crippen LogP contribution in [0.5, 0.6) is 5.75 Å². The first-order chi connectivity index (χ1) is 9.61. The number of rotatable bonds is 3. The number of ether oxygens (including phenoxy) is 1. The molecule has 2 heteroatoms. The molecule has 1 aromatic rings. The summed E-state index contributed by atoms with van der Waals surface area (Å²) in [6.07, 6.45) is 4.86. The van der Waals surface area contributed by atoms with Crippen LogP contribution >= 0.6 is 0 Å². The third-order valence-electron chi connectivity index (χ3n) is 4.79. The molecule has 1 aromatic carbocycles. The fourth-order valence-corrected chi connectivity index (χ4v) is 3.94. The largest absolute Gasteiger partial charge is 0.487 e. The van der Waals surface area contributed by atoms with Gasteiger partial charge in [-0.25, -0.2) is 0 Å². The summed E-state index contributed by atoms with van der Waals surface area (Å²) in [4.78, 5) is 0. The number of nitrogens with one attached hydrogen (secondary N) is 1. The van der Waals surface area contributed by atoms with E-state index >= 15 is 0 Å². The summed E-state index contributed by atoms with van der Waals surface area (Å²) in [7, 11) is 0. The van der Waals surface area contributed by atoms with E-state index in [1.165, 1.54) is 36.1 Å². The Kier molecular flexibility index (Phi) is 3.76. The lowest BCUT2D eigenvalue weighted by molar-refractivity contribution is 0.135. The van der Waals surface area contributed by atoms with Crippen LogP contribution in [0, 0.1) is 5.92 Å². The Labute approximate surface area is 122 Å². The molecule has 2 heterocycles. The molecule has 2 atom stereocenters. The average molecular weight is 273 g/mol. The SMILES string of the molecule is CCCC1CNCCC1c1cccc2c1OC(C)(C)C2. The minimum atomic E-state index is -0.0361. The van der Waals surface area contributed by atoms with E-state index in [-0.39, 0.29) is 5.60 Å². The molecule has 0 bridgehead atoms. The lowest BCUT2D eigenvalue weighted by Crippen LogP contribution is -2.35. The van der Waals surface area contributed by atoms with E-state index in [1.54, 1.807) is 0 Å². The van der Waals surface area contributed by atoms with E-state index in [0.717, 1.165) is 25.4 Å². The Morgan fingerprint density at radius 2 is 2.20 bits per heavy atom. The van der Waals surface area contributed by atoms with Gasteiger partial charge in [-0.15, -0.1) is 0 Å². The van der Waals surface area contributed by atoms with Gasteiger partial charge < -0.3 is 10.1 Å². The van der Waals surface area contributed by atoms with Gasteiger partial charge in [0.1, 0.15) is 11.4 Å². The first kappa shape index (κ1) is 13.9. The van der Waals surface area contributed by atoms with Gasteiger partial charge in [0, 0.05) is 6.42 Å². The summed E-state index contributed by atoms with van der Waals surface area (Å²) in [5.74, 6) is 2.62. The monoisotopic (exact) mass is 273 g/mol. The molecule has 0 aromatic heterocycles. The minimum Gasteiger partial charge on any atom is -0.487 e. The van der Waals surface area contributed by atoms with Crippen LogP contribution in [0.3, 0.4) is 0 Å². The first-order valence-electron chi connectivity index (χ1n) is 8.12. The van der Waals surface area contributed by atoms with Gasteiger partial charge in [-0.1, -0.05) is 31.5 Å². The highest BCUT2D eigenvalue weighted by molar-refractivity contribution is 5.47. The second kappa shape index (κ2) is 5.40. The van der Waals surface area contributed by atoms with Crippen molar-refractivity contribution in [1.82, 2.24) is 5.32 Å². The summed E-state index contributed by atoms with van der Waals surface area (Å²) in [5.41, 5.74) is 2.83. The maximum Gasteiger partial charge on any atom is 0.126 e. The molecule has 2 aliphatic heterocycles. The van der Waals surface area contributed by atoms with Crippen molar-refractivity contribution in [2.75, 3.05) is 13.1 Å². The Bertz CT molecular complexity index is 478. The Morgan fingerprint density at radius 3 is 3.00 bits per heavy atom. The molecule has 3 rings (SSSR count). The molecule has 0 radical (unpaired) electrons. The number of piperidine rings is 1. The molecule has 20 heavy (non-hydrogen) atoms. The van der Waals surface area contributed by atoms with Crippen LogP contribution in [0.2, 0.25) is 0 Å². The predicted molar refractivity (Wildman–Crippen MR) is 83.5 cm³/mol. The van der Waals surface area contributed by atoms with Crippen LogP contribution in [0.1, 0.15) is 57.1 Å². The summed E-state index contributed by atoms with van der Waals surface area (Å²) >= 11 is 0. The van der Waals surface area contributed by atoms with E-state index < -0.39 is 0 Å². The van der Waals surface area contributed by atoms with Crippen molar-refractivity contribution in [1.29, 1.82) is 0 Å². The molecular weight excluding hydrogens is 246 g/mol. The van der Waals surface area contributed by atoms with Crippen LogP contribution in [0.15, 0.2) is 18.2 Å². The highest BCUT2D eigenvalue weighted by Crippen LogP contribution is 2.44. The van der Waals surface area contributed by atoms with E-state index in [9.17, 15) is 0 Å². The quantitative estimate of drug-likeness (QED) is 0.902. The Balaban J connectivity index is 1.92. The molecule has 0 aliphatic carbocycles. The Morgan fingerprint density at radius 1 is 1.35 bits per heavy atom. The molecule has 0 saturated carbocycles. The van der Waals surface area contributed by atoms with Crippen molar-refractivity contribution < 1.29 is 4.74 Å². The fourth-order valence-electron chi connectivity index (χ4n) is 3.94. The van der Waals surface area contributed by atoms with E-state index in [0.29, 0.717) is 5.92 Å². The predicted octanol–water partition coefficient (Wildman–Crippen LogP) is 3.89. The van der Waals surface area contributed by atoms with Gasteiger partial charge >= 0.3 is 0 Å². The fraction of sp³-hybridized carbons (Fsp3) is 0.667. The molecule has 0 amide bonds. The van der Waals surface area contributed by atoms with Gasteiger partial charge in [0.15, 0.2) is 0 Å². The smallest absolute Gasteiger partial charge is 0.126 e. The maximum atomic E-state index is 6.28. The number of fused-ring (bicyclic) bond motifs is 1. The van der Waals surface area contributed by atoms with E-state index in [4.69, 9.17) is 4.74 Å². The number of benzene rings is 1. The van der Waals surface area contributed by atoms with Gasteiger partial charge in [0.2, 0.25) is 0 Å². The standard InChI is InChI=1S/C18H27NO/c1-4-6-14-12-19-10-9-15(14)16-8-5-7-13-11-18(2,3)20-17(13)16/h5,7-8,14-15,19H,4,6,9-12H2,1-3H3. The minimum absolute atomic E-state index is 0.0361. The lowest BCUT2D eigenvalue weighted by atomic mass is 9.78. The molecule has 1 N–H and O–H groups in total. The summed E-state index contributed by atoms with van der Waals surface area (Å²) in [6.45, 7) is 8.98. The van der Waals surface area contributed by atoms with Gasteiger partial charge in [0.05, 0.1) is 0 Å². The first-order valence-corrected chi connectivity index (χ1v) is 8.12. The van der Waals surface area contributed by atoms with Crippen LogP contribution < -0.4 is 10.1 Å².